The van der Waals surface area contributed by atoms with Gasteiger partial charge in [0.05, 0.1) is 19.8 Å². The predicted molar refractivity (Wildman–Crippen MR) is 53.0 cm³/mol. The van der Waals surface area contributed by atoms with Gasteiger partial charge in [0.1, 0.15) is 6.67 Å². The van der Waals surface area contributed by atoms with Gasteiger partial charge in [-0.2, -0.15) is 0 Å². The highest BCUT2D eigenvalue weighted by atomic mass is 19.1. The van der Waals surface area contributed by atoms with Gasteiger partial charge in [-0.05, 0) is 11.1 Å². The van der Waals surface area contributed by atoms with E-state index in [2.05, 4.69) is 24.8 Å². The fraction of sp³-hybridized carbons (Fsp3) is 1.00. The van der Waals surface area contributed by atoms with E-state index >= 15 is 0 Å². The molecule has 0 aromatic heterocycles. The molecule has 0 aliphatic carbocycles. The summed E-state index contributed by atoms with van der Waals surface area (Å²) in [5, 5.41) is 5.38. The molecule has 0 aromatic rings. The van der Waals surface area contributed by atoms with Crippen LogP contribution in [0.1, 0.15) is 0 Å². The van der Waals surface area contributed by atoms with E-state index in [4.69, 9.17) is 11.1 Å². The van der Waals surface area contributed by atoms with E-state index in [9.17, 15) is 17.6 Å². The smallest absolute Gasteiger partial charge is 0.188 e. The van der Waals surface area contributed by atoms with Crippen molar-refractivity contribution in [1.82, 2.24) is 0 Å². The van der Waals surface area contributed by atoms with Gasteiger partial charge in [0, 0.05) is 9.82 Å². The van der Waals surface area contributed by atoms with Crippen LogP contribution in [0.15, 0.2) is 10.2 Å². The molecule has 0 heterocycles. The van der Waals surface area contributed by atoms with Crippen LogP contribution in [-0.2, 0) is 4.74 Å². The lowest BCUT2D eigenvalue weighted by molar-refractivity contribution is 0.0494. The Morgan fingerprint density at radius 1 is 0.941 bits per heavy atom. The van der Waals surface area contributed by atoms with Crippen LogP contribution < -0.4 is 0 Å². The maximum Gasteiger partial charge on any atom is 0.188 e. The number of rotatable bonds is 6. The Labute approximate surface area is 94.6 Å². The lowest BCUT2D eigenvalue weighted by Crippen LogP contribution is -1.92. The number of hydrogen-bond acceptors (Lipinski definition) is 3. The van der Waals surface area contributed by atoms with E-state index in [1.165, 1.54) is 0 Å². The van der Waals surface area contributed by atoms with Crippen LogP contribution in [0, 0.1) is 0 Å². The first kappa shape index (κ1) is 20.7. The van der Waals surface area contributed by atoms with Gasteiger partial charge >= 0.3 is 0 Å². The van der Waals surface area contributed by atoms with Crippen LogP contribution in [0.2, 0.25) is 0 Å². The maximum absolute atomic E-state index is 10.9. The van der Waals surface area contributed by atoms with Gasteiger partial charge in [-0.15, -0.1) is 0 Å². The molecule has 0 radical (unpaired) electrons. The van der Waals surface area contributed by atoms with Gasteiger partial charge in [-0.1, -0.05) is 10.2 Å². The summed E-state index contributed by atoms with van der Waals surface area (Å²) in [5.74, 6) is 0. The summed E-state index contributed by atoms with van der Waals surface area (Å²) in [6.45, 7) is -3.18. The first-order valence-corrected chi connectivity index (χ1v) is 4.08. The van der Waals surface area contributed by atoms with Gasteiger partial charge in [-0.3, -0.25) is 4.39 Å². The Hall–Kier alpha value is -1.70. The molecule has 0 amide bonds. The van der Waals surface area contributed by atoms with E-state index in [1.54, 1.807) is 0 Å². The molecule has 0 N–H and O–H groups in total. The van der Waals surface area contributed by atoms with Crippen molar-refractivity contribution in [2.24, 2.45) is 10.2 Å². The summed E-state index contributed by atoms with van der Waals surface area (Å²) in [7, 11) is 0. The van der Waals surface area contributed by atoms with Crippen LogP contribution >= 0.6 is 0 Å². The summed E-state index contributed by atoms with van der Waals surface area (Å²) in [6, 6.07) is 0. The van der Waals surface area contributed by atoms with Crippen molar-refractivity contribution in [2.45, 2.75) is 0 Å². The Morgan fingerprint density at radius 2 is 1.53 bits per heavy atom. The zero-order valence-corrected chi connectivity index (χ0v) is 8.85. The average molecular weight is 260 g/mol. The molecule has 0 aromatic carbocycles. The Bertz CT molecular complexity index is 215. The Morgan fingerprint density at radius 3 is 1.65 bits per heavy atom. The zero-order valence-electron chi connectivity index (χ0n) is 8.85. The fourth-order valence-corrected chi connectivity index (χ4v) is 0.216. The molecule has 0 bridgehead atoms. The second-order valence-electron chi connectivity index (χ2n) is 1.70. The first-order valence-electron chi connectivity index (χ1n) is 4.08. The summed E-state index contributed by atoms with van der Waals surface area (Å²) in [5.41, 5.74) is 14.8. The van der Waals surface area contributed by atoms with Crippen LogP contribution in [-0.4, -0.2) is 40.2 Å². The zero-order chi connectivity index (χ0) is 13.8. The third kappa shape index (κ3) is 54.5. The quantitative estimate of drug-likeness (QED) is 0.179. The van der Waals surface area contributed by atoms with Gasteiger partial charge < -0.3 is 4.74 Å². The Balaban J connectivity index is -0.000000174. The number of azide groups is 2. The minimum Gasteiger partial charge on any atom is -0.348 e. The topological polar surface area (TPSA) is 107 Å². The lowest BCUT2D eigenvalue weighted by atomic mass is 10.8. The molecule has 100 valence electrons. The van der Waals surface area contributed by atoms with Crippen molar-refractivity contribution < 1.29 is 22.3 Å². The van der Waals surface area contributed by atoms with Crippen LogP contribution in [0.4, 0.5) is 17.6 Å². The highest BCUT2D eigenvalue weighted by Gasteiger charge is 1.78. The minimum absolute atomic E-state index is 0.0451. The molecule has 0 atom stereocenters. The lowest BCUT2D eigenvalue weighted by Gasteiger charge is -1.87. The average Bonchev–Trinajstić information content (AvgIpc) is 2.36. The highest BCUT2D eigenvalue weighted by molar-refractivity contribution is 4.41. The van der Waals surface area contributed by atoms with Crippen molar-refractivity contribution >= 4 is 0 Å². The fourth-order valence-electron chi connectivity index (χ4n) is 0.216. The number of ether oxygens (including phenoxy) is 1. The van der Waals surface area contributed by atoms with Crippen LogP contribution in [0.3, 0.4) is 0 Å². The van der Waals surface area contributed by atoms with Crippen molar-refractivity contribution in [3.63, 3.8) is 0 Å². The minimum atomic E-state index is -0.948. The second-order valence-corrected chi connectivity index (χ2v) is 1.70. The van der Waals surface area contributed by atoms with Gasteiger partial charge in [0.25, 0.3) is 0 Å². The van der Waals surface area contributed by atoms with Gasteiger partial charge in [0.2, 0.25) is 0 Å². The van der Waals surface area contributed by atoms with Crippen molar-refractivity contribution in [3.8, 4) is 0 Å². The molecule has 11 heteroatoms. The number of hydrogen-bond donors (Lipinski definition) is 0. The third-order valence-electron chi connectivity index (χ3n) is 0.663. The molecule has 17 heavy (non-hydrogen) atoms. The first-order chi connectivity index (χ1) is 8.24. The monoisotopic (exact) mass is 260 g/mol. The molecule has 0 saturated heterocycles. The molecule has 0 rings (SSSR count). The van der Waals surface area contributed by atoms with E-state index < -0.39 is 27.0 Å². The van der Waals surface area contributed by atoms with Crippen molar-refractivity contribution in [3.05, 3.63) is 20.9 Å². The predicted octanol–water partition coefficient (Wildman–Crippen LogP) is 3.39. The highest BCUT2D eigenvalue weighted by Crippen LogP contribution is 1.73. The standard InChI is InChI=1S/C3H6F2O.C2H4FN3.CH2FN3/c4-1-2-6-3-5;3-1-2-5-6-4;2-1-4-5-3/h1-3H2;1-2H2;1H2. The number of halogens is 4. The number of nitrogens with zero attached hydrogens (tertiary/aromatic N) is 6. The van der Waals surface area contributed by atoms with Gasteiger partial charge in [0.15, 0.2) is 13.7 Å². The molecule has 0 spiro atoms. The van der Waals surface area contributed by atoms with Crippen molar-refractivity contribution in [2.75, 3.05) is 40.2 Å². The summed E-state index contributed by atoms with van der Waals surface area (Å²) in [4.78, 5) is 4.41. The SMILES string of the molecule is FCCOCF.[N-]=[N+]=NCCF.[N-]=[N+]=NCF. The molecular weight excluding hydrogens is 248 g/mol. The molecule has 0 saturated carbocycles. The molecule has 0 aliphatic heterocycles. The second kappa shape index (κ2) is 29.2. The summed E-state index contributed by atoms with van der Waals surface area (Å²) in [6.07, 6.45) is 0. The maximum atomic E-state index is 10.9. The summed E-state index contributed by atoms with van der Waals surface area (Å²) >= 11 is 0. The van der Waals surface area contributed by atoms with E-state index in [-0.39, 0.29) is 13.2 Å². The Kier molecular flexibility index (Phi) is 35.6. The largest absolute Gasteiger partial charge is 0.348 e. The van der Waals surface area contributed by atoms with E-state index in [1.807, 2.05) is 0 Å². The van der Waals surface area contributed by atoms with Crippen molar-refractivity contribution in [1.29, 1.82) is 0 Å². The molecule has 0 unspecified atom stereocenters. The normalized spacial score (nSPS) is 7.29. The van der Waals surface area contributed by atoms with Crippen LogP contribution in [0.25, 0.3) is 20.9 Å². The van der Waals surface area contributed by atoms with Crippen LogP contribution in [0.5, 0.6) is 0 Å². The van der Waals surface area contributed by atoms with E-state index in [0.717, 1.165) is 0 Å². The third-order valence-corrected chi connectivity index (χ3v) is 0.663. The molecular formula is C6H12F4N6O. The molecule has 0 fully saturated rings. The number of alkyl halides is 4. The molecule has 0 aliphatic rings. The van der Waals surface area contributed by atoms with E-state index in [0.29, 0.717) is 0 Å². The summed E-state index contributed by atoms with van der Waals surface area (Å²) < 4.78 is 47.1. The molecule has 7 nitrogen and oxygen atoms in total. The van der Waals surface area contributed by atoms with Gasteiger partial charge in [-0.25, -0.2) is 13.2 Å².